The smallest absolute Gasteiger partial charge is 0.320 e. The molecule has 1 rings (SSSR count). The highest BCUT2D eigenvalue weighted by Gasteiger charge is 2.22. The summed E-state index contributed by atoms with van der Waals surface area (Å²) < 4.78 is 30.0. The molecule has 0 heterocycles. The van der Waals surface area contributed by atoms with Gasteiger partial charge in [0, 0.05) is 0 Å². The van der Waals surface area contributed by atoms with E-state index in [1.165, 1.54) is 31.3 Å². The monoisotopic (exact) mass is 285 g/mol. The summed E-state index contributed by atoms with van der Waals surface area (Å²) in [6, 6.07) is 5.49. The van der Waals surface area contributed by atoms with E-state index in [1.807, 2.05) is 0 Å². The number of carbonyl (C=O) groups is 2. The molecule has 0 saturated carbocycles. The van der Waals surface area contributed by atoms with E-state index >= 15 is 0 Å². The van der Waals surface area contributed by atoms with Crippen molar-refractivity contribution in [3.63, 3.8) is 0 Å². The average Bonchev–Trinajstić information content (AvgIpc) is 2.40. The van der Waals surface area contributed by atoms with Crippen LogP contribution in [-0.4, -0.2) is 34.3 Å². The minimum absolute atomic E-state index is 0.0623. The van der Waals surface area contributed by atoms with Gasteiger partial charge in [0.1, 0.15) is 12.2 Å². The largest absolute Gasteiger partial charge is 0.465 e. The number of hydrogen-bond acceptors (Lipinski definition) is 5. The number of ether oxygens (including phenoxy) is 1. The van der Waals surface area contributed by atoms with Gasteiger partial charge >= 0.3 is 5.97 Å². The molecule has 0 aromatic heterocycles. The second-order valence-corrected chi connectivity index (χ2v) is 5.53. The van der Waals surface area contributed by atoms with Crippen LogP contribution < -0.4 is 4.72 Å². The molecule has 0 aliphatic carbocycles. The van der Waals surface area contributed by atoms with E-state index in [-0.39, 0.29) is 11.5 Å². The molecule has 0 spiro atoms. The summed E-state index contributed by atoms with van der Waals surface area (Å²) >= 11 is 0. The Bertz CT molecular complexity index is 550. The number of benzene rings is 1. The molecule has 0 bridgehead atoms. The fourth-order valence-electron chi connectivity index (χ4n) is 1.47. The predicted molar refractivity (Wildman–Crippen MR) is 68.1 cm³/mol. The lowest BCUT2D eigenvalue weighted by Gasteiger charge is -2.10. The fraction of sp³-hybridized carbons (Fsp3) is 0.333. The van der Waals surface area contributed by atoms with E-state index in [9.17, 15) is 18.0 Å². The van der Waals surface area contributed by atoms with Gasteiger partial charge in [0.2, 0.25) is 10.0 Å². The Morgan fingerprint density at radius 2 is 1.95 bits per heavy atom. The van der Waals surface area contributed by atoms with Crippen LogP contribution in [0.3, 0.4) is 0 Å². The molecule has 1 aromatic carbocycles. The van der Waals surface area contributed by atoms with Gasteiger partial charge in [-0.2, -0.15) is 0 Å². The fourth-order valence-corrected chi connectivity index (χ4v) is 2.20. The van der Waals surface area contributed by atoms with Crippen molar-refractivity contribution in [2.75, 3.05) is 13.7 Å². The lowest BCUT2D eigenvalue weighted by atomic mass is 10.0. The first kappa shape index (κ1) is 15.3. The molecule has 19 heavy (non-hydrogen) atoms. The molecule has 0 radical (unpaired) electrons. The molecule has 1 unspecified atom stereocenters. The van der Waals surface area contributed by atoms with Crippen molar-refractivity contribution < 1.29 is 22.7 Å². The predicted octanol–water partition coefficient (Wildman–Crippen LogP) is 0.440. The second kappa shape index (κ2) is 6.44. The minimum Gasteiger partial charge on any atom is -0.465 e. The van der Waals surface area contributed by atoms with Crippen LogP contribution in [0.4, 0.5) is 0 Å². The summed E-state index contributed by atoms with van der Waals surface area (Å²) in [7, 11) is -2.23. The van der Waals surface area contributed by atoms with Crippen molar-refractivity contribution >= 4 is 22.3 Å². The summed E-state index contributed by atoms with van der Waals surface area (Å²) in [5, 5.41) is 0. The molecule has 104 valence electrons. The van der Waals surface area contributed by atoms with Crippen LogP contribution >= 0.6 is 0 Å². The molecule has 1 aromatic rings. The van der Waals surface area contributed by atoms with Crippen molar-refractivity contribution in [2.45, 2.75) is 17.7 Å². The van der Waals surface area contributed by atoms with Crippen LogP contribution in [0.2, 0.25) is 0 Å². The van der Waals surface area contributed by atoms with E-state index in [2.05, 4.69) is 4.72 Å². The third-order valence-electron chi connectivity index (χ3n) is 2.49. The first-order valence-corrected chi connectivity index (χ1v) is 7.10. The van der Waals surface area contributed by atoms with Crippen LogP contribution in [0.1, 0.15) is 18.4 Å². The highest BCUT2D eigenvalue weighted by atomic mass is 32.2. The van der Waals surface area contributed by atoms with Crippen LogP contribution in [0.5, 0.6) is 0 Å². The SMILES string of the molecule is CCOC(=O)C(C=O)c1ccc(S(=O)(=O)NC)cc1. The van der Waals surface area contributed by atoms with Crippen LogP contribution in [0.25, 0.3) is 0 Å². The number of nitrogens with one attached hydrogen (secondary N) is 1. The van der Waals surface area contributed by atoms with Crippen molar-refractivity contribution in [2.24, 2.45) is 0 Å². The number of aldehydes is 1. The summed E-state index contributed by atoms with van der Waals surface area (Å²) in [5.41, 5.74) is 0.392. The number of rotatable bonds is 6. The van der Waals surface area contributed by atoms with Crippen LogP contribution in [0, 0.1) is 0 Å². The van der Waals surface area contributed by atoms with Crippen molar-refractivity contribution in [1.29, 1.82) is 0 Å². The zero-order valence-corrected chi connectivity index (χ0v) is 11.4. The molecular formula is C12H15NO5S. The number of sulfonamides is 1. The maximum Gasteiger partial charge on any atom is 0.320 e. The maximum absolute atomic E-state index is 11.5. The standard InChI is InChI=1S/C12H15NO5S/c1-3-18-12(15)11(8-14)9-4-6-10(7-5-9)19(16,17)13-2/h4-8,11,13H,3H2,1-2H3. The highest BCUT2D eigenvalue weighted by molar-refractivity contribution is 7.89. The van der Waals surface area contributed by atoms with E-state index in [0.29, 0.717) is 11.8 Å². The summed E-state index contributed by atoms with van der Waals surface area (Å²) in [5.74, 6) is -1.69. The van der Waals surface area contributed by atoms with Crippen LogP contribution in [-0.2, 0) is 24.3 Å². The Morgan fingerprint density at radius 1 is 1.37 bits per heavy atom. The zero-order chi connectivity index (χ0) is 14.5. The molecule has 0 saturated heterocycles. The molecule has 0 fully saturated rings. The molecule has 0 aliphatic heterocycles. The summed E-state index contributed by atoms with van der Waals surface area (Å²) in [4.78, 5) is 22.5. The van der Waals surface area contributed by atoms with Gasteiger partial charge in [0.05, 0.1) is 11.5 Å². The van der Waals surface area contributed by atoms with E-state index in [4.69, 9.17) is 4.74 Å². The Labute approximate surface area is 111 Å². The van der Waals surface area contributed by atoms with E-state index in [0.717, 1.165) is 0 Å². The summed E-state index contributed by atoms with van der Waals surface area (Å²) in [6.45, 7) is 1.82. The van der Waals surface area contributed by atoms with Gasteiger partial charge in [-0.05, 0) is 31.7 Å². The maximum atomic E-state index is 11.5. The normalized spacial score (nSPS) is 12.7. The van der Waals surface area contributed by atoms with Crippen LogP contribution in [0.15, 0.2) is 29.2 Å². The van der Waals surface area contributed by atoms with Gasteiger partial charge in [-0.1, -0.05) is 12.1 Å². The first-order valence-electron chi connectivity index (χ1n) is 5.61. The third kappa shape index (κ3) is 3.62. The van der Waals surface area contributed by atoms with E-state index in [1.54, 1.807) is 6.92 Å². The molecule has 0 amide bonds. The van der Waals surface area contributed by atoms with Gasteiger partial charge < -0.3 is 9.53 Å². The molecule has 1 atom stereocenters. The second-order valence-electron chi connectivity index (χ2n) is 3.64. The van der Waals surface area contributed by atoms with Gasteiger partial charge in [-0.15, -0.1) is 0 Å². The van der Waals surface area contributed by atoms with Gasteiger partial charge in [0.25, 0.3) is 0 Å². The quantitative estimate of drug-likeness (QED) is 0.465. The molecule has 1 N–H and O–H groups in total. The van der Waals surface area contributed by atoms with E-state index < -0.39 is 21.9 Å². The number of esters is 1. The zero-order valence-electron chi connectivity index (χ0n) is 10.6. The average molecular weight is 285 g/mol. The lowest BCUT2D eigenvalue weighted by molar-refractivity contribution is -0.146. The first-order chi connectivity index (χ1) is 8.96. The minimum atomic E-state index is -3.53. The Hall–Kier alpha value is -1.73. The van der Waals surface area contributed by atoms with Crippen molar-refractivity contribution in [3.8, 4) is 0 Å². The van der Waals surface area contributed by atoms with Gasteiger partial charge in [0.15, 0.2) is 0 Å². The number of carbonyl (C=O) groups excluding carboxylic acids is 2. The molecular weight excluding hydrogens is 270 g/mol. The Morgan fingerprint density at radius 3 is 2.37 bits per heavy atom. The third-order valence-corrected chi connectivity index (χ3v) is 3.93. The van der Waals surface area contributed by atoms with Crippen molar-refractivity contribution in [1.82, 2.24) is 4.72 Å². The molecule has 0 aliphatic rings. The van der Waals surface area contributed by atoms with Gasteiger partial charge in [-0.3, -0.25) is 4.79 Å². The number of hydrogen-bond donors (Lipinski definition) is 1. The van der Waals surface area contributed by atoms with Crippen molar-refractivity contribution in [3.05, 3.63) is 29.8 Å². The topological polar surface area (TPSA) is 89.5 Å². The Balaban J connectivity index is 3.03. The lowest BCUT2D eigenvalue weighted by Crippen LogP contribution is -2.19. The molecule has 6 nitrogen and oxygen atoms in total. The Kier molecular flexibility index (Phi) is 5.20. The molecule has 7 heteroatoms. The highest BCUT2D eigenvalue weighted by Crippen LogP contribution is 2.18. The summed E-state index contributed by atoms with van der Waals surface area (Å²) in [6.07, 6.45) is 0.472. The van der Waals surface area contributed by atoms with Gasteiger partial charge in [-0.25, -0.2) is 13.1 Å².